The molecule has 0 aliphatic carbocycles. The average Bonchev–Trinajstić information content (AvgIpc) is 3.26. The molecule has 0 unspecified atom stereocenters. The molecular formula is C22H29N3OS. The molecule has 27 heavy (non-hydrogen) atoms. The van der Waals surface area contributed by atoms with Crippen LogP contribution in [0.1, 0.15) is 52.1 Å². The lowest BCUT2D eigenvalue weighted by Crippen LogP contribution is -2.41. The second-order valence-corrected chi connectivity index (χ2v) is 8.92. The van der Waals surface area contributed by atoms with Crippen molar-refractivity contribution in [1.29, 1.82) is 0 Å². The van der Waals surface area contributed by atoms with Gasteiger partial charge in [-0.2, -0.15) is 0 Å². The Morgan fingerprint density at radius 3 is 2.78 bits per heavy atom. The number of rotatable bonds is 5. The summed E-state index contributed by atoms with van der Waals surface area (Å²) in [4.78, 5) is 23.0. The number of carbonyl (C=O) groups is 1. The van der Waals surface area contributed by atoms with E-state index in [0.717, 1.165) is 73.9 Å². The van der Waals surface area contributed by atoms with Crippen molar-refractivity contribution < 1.29 is 4.79 Å². The smallest absolute Gasteiger partial charge is 0.265 e. The van der Waals surface area contributed by atoms with Gasteiger partial charge >= 0.3 is 0 Å². The summed E-state index contributed by atoms with van der Waals surface area (Å²) in [6, 6.07) is 8.78. The van der Waals surface area contributed by atoms with Gasteiger partial charge in [-0.05, 0) is 56.6 Å². The number of carbonyl (C=O) groups excluding carboxylic acids is 1. The lowest BCUT2D eigenvalue weighted by molar-refractivity contribution is 0.0697. The van der Waals surface area contributed by atoms with Crippen molar-refractivity contribution in [3.63, 3.8) is 0 Å². The molecule has 2 aromatic rings. The summed E-state index contributed by atoms with van der Waals surface area (Å²) in [6.45, 7) is 8.14. The molecular weight excluding hydrogens is 354 g/mol. The van der Waals surface area contributed by atoms with Crippen LogP contribution in [0.3, 0.4) is 0 Å². The zero-order valence-electron chi connectivity index (χ0n) is 16.4. The predicted molar refractivity (Wildman–Crippen MR) is 112 cm³/mol. The summed E-state index contributed by atoms with van der Waals surface area (Å²) in [6.07, 6.45) is 5.41. The van der Waals surface area contributed by atoms with Crippen LogP contribution >= 0.6 is 11.3 Å². The molecule has 1 aromatic carbocycles. The second kappa shape index (κ2) is 8.01. The molecule has 0 radical (unpaired) electrons. The van der Waals surface area contributed by atoms with Crippen LogP contribution in [0.15, 0.2) is 24.3 Å². The Hall–Kier alpha value is -1.88. The number of aryl methyl sites for hydroxylation is 2. The largest absolute Gasteiger partial charge is 0.371 e. The number of nitrogens with zero attached hydrogens (tertiary/aromatic N) is 3. The molecule has 144 valence electrons. The quantitative estimate of drug-likeness (QED) is 0.771. The van der Waals surface area contributed by atoms with Gasteiger partial charge in [0.2, 0.25) is 0 Å². The molecule has 0 spiro atoms. The summed E-state index contributed by atoms with van der Waals surface area (Å²) >= 11 is 1.59. The number of benzene rings is 1. The van der Waals surface area contributed by atoms with Gasteiger partial charge in [0.25, 0.3) is 5.91 Å². The third-order valence-corrected chi connectivity index (χ3v) is 7.07. The third-order valence-electron chi connectivity index (χ3n) is 5.86. The van der Waals surface area contributed by atoms with Gasteiger partial charge in [0.05, 0.1) is 10.7 Å². The topological polar surface area (TPSA) is 36.4 Å². The minimum Gasteiger partial charge on any atom is -0.371 e. The maximum absolute atomic E-state index is 12.9. The molecule has 0 N–H and O–H groups in total. The number of hydrogen-bond acceptors (Lipinski definition) is 4. The van der Waals surface area contributed by atoms with Crippen molar-refractivity contribution in [3.05, 3.63) is 45.4 Å². The first-order valence-electron chi connectivity index (χ1n) is 10.2. The summed E-state index contributed by atoms with van der Waals surface area (Å²) in [5.74, 6) is 0.871. The summed E-state index contributed by atoms with van der Waals surface area (Å²) in [5, 5.41) is 1.10. The Balaban J connectivity index is 1.33. The number of aromatic nitrogens is 1. The van der Waals surface area contributed by atoms with E-state index in [1.165, 1.54) is 11.3 Å². The lowest BCUT2D eigenvalue weighted by atomic mass is 9.96. The van der Waals surface area contributed by atoms with E-state index >= 15 is 0 Å². The van der Waals surface area contributed by atoms with Crippen molar-refractivity contribution in [2.24, 2.45) is 5.92 Å². The first kappa shape index (κ1) is 18.5. The molecule has 2 aliphatic heterocycles. The van der Waals surface area contributed by atoms with E-state index in [1.54, 1.807) is 11.3 Å². The molecule has 0 bridgehead atoms. The number of piperidine rings is 1. The molecule has 4 rings (SSSR count). The van der Waals surface area contributed by atoms with E-state index in [0.29, 0.717) is 5.92 Å². The summed E-state index contributed by atoms with van der Waals surface area (Å²) in [5.41, 5.74) is 3.80. The number of para-hydroxylation sites is 1. The van der Waals surface area contributed by atoms with Crippen LogP contribution in [0.25, 0.3) is 0 Å². The van der Waals surface area contributed by atoms with Gasteiger partial charge in [0, 0.05) is 31.9 Å². The standard InChI is InChI=1S/C22H29N3OS/c1-3-6-20-23-16(2)21(27-20)22(26)24-12-9-17(10-13-24)15-25-14-11-18-7-4-5-8-19(18)25/h4-5,7-8,17H,3,6,9-15H2,1-2H3. The maximum Gasteiger partial charge on any atom is 0.265 e. The van der Waals surface area contributed by atoms with Crippen molar-refractivity contribution in [1.82, 2.24) is 9.88 Å². The van der Waals surface area contributed by atoms with E-state index in [-0.39, 0.29) is 5.91 Å². The number of anilines is 1. The van der Waals surface area contributed by atoms with Crippen molar-refractivity contribution in [3.8, 4) is 0 Å². The molecule has 0 saturated carbocycles. The van der Waals surface area contributed by atoms with Crippen LogP contribution in [0.5, 0.6) is 0 Å². The van der Waals surface area contributed by atoms with Crippen LogP contribution in [-0.2, 0) is 12.8 Å². The molecule has 1 fully saturated rings. The molecule has 2 aliphatic rings. The molecule has 1 amide bonds. The van der Waals surface area contributed by atoms with E-state index in [9.17, 15) is 4.79 Å². The molecule has 5 heteroatoms. The zero-order valence-corrected chi connectivity index (χ0v) is 17.2. The van der Waals surface area contributed by atoms with Crippen LogP contribution in [0.2, 0.25) is 0 Å². The van der Waals surface area contributed by atoms with Crippen molar-refractivity contribution in [2.45, 2.75) is 46.0 Å². The highest BCUT2D eigenvalue weighted by Crippen LogP contribution is 2.30. The Bertz CT molecular complexity index is 808. The van der Waals surface area contributed by atoms with Gasteiger partial charge in [0.1, 0.15) is 4.88 Å². The van der Waals surface area contributed by atoms with Crippen LogP contribution in [0.4, 0.5) is 5.69 Å². The maximum atomic E-state index is 12.9. The highest BCUT2D eigenvalue weighted by atomic mass is 32.1. The average molecular weight is 384 g/mol. The fourth-order valence-electron chi connectivity index (χ4n) is 4.34. The number of hydrogen-bond donors (Lipinski definition) is 0. The molecule has 4 nitrogen and oxygen atoms in total. The SMILES string of the molecule is CCCc1nc(C)c(C(=O)N2CCC(CN3CCc4ccccc43)CC2)s1. The predicted octanol–water partition coefficient (Wildman–Crippen LogP) is 4.32. The highest BCUT2D eigenvalue weighted by Gasteiger charge is 2.28. The fraction of sp³-hybridized carbons (Fsp3) is 0.545. The number of likely N-dealkylation sites (tertiary alicyclic amines) is 1. The van der Waals surface area contributed by atoms with E-state index < -0.39 is 0 Å². The Morgan fingerprint density at radius 1 is 1.22 bits per heavy atom. The molecule has 1 aromatic heterocycles. The van der Waals surface area contributed by atoms with Crippen LogP contribution < -0.4 is 4.90 Å². The van der Waals surface area contributed by atoms with Crippen LogP contribution in [-0.4, -0.2) is 42.0 Å². The summed E-state index contributed by atoms with van der Waals surface area (Å²) in [7, 11) is 0. The van der Waals surface area contributed by atoms with Gasteiger partial charge in [0.15, 0.2) is 0 Å². The Morgan fingerprint density at radius 2 is 2.00 bits per heavy atom. The Labute approximate surface area is 166 Å². The minimum atomic E-state index is 0.192. The van der Waals surface area contributed by atoms with Gasteiger partial charge in [-0.15, -0.1) is 11.3 Å². The van der Waals surface area contributed by atoms with Crippen molar-refractivity contribution in [2.75, 3.05) is 31.1 Å². The summed E-state index contributed by atoms with van der Waals surface area (Å²) < 4.78 is 0. The lowest BCUT2D eigenvalue weighted by Gasteiger charge is -2.34. The van der Waals surface area contributed by atoms with Gasteiger partial charge in [-0.3, -0.25) is 4.79 Å². The molecule has 3 heterocycles. The molecule has 1 saturated heterocycles. The zero-order chi connectivity index (χ0) is 18.8. The van der Waals surface area contributed by atoms with Gasteiger partial charge < -0.3 is 9.80 Å². The normalized spacial score (nSPS) is 17.4. The van der Waals surface area contributed by atoms with Crippen LogP contribution in [0, 0.1) is 12.8 Å². The number of thiazole rings is 1. The second-order valence-electron chi connectivity index (χ2n) is 7.83. The fourth-order valence-corrected chi connectivity index (χ4v) is 5.48. The highest BCUT2D eigenvalue weighted by molar-refractivity contribution is 7.13. The van der Waals surface area contributed by atoms with E-state index in [2.05, 4.69) is 41.1 Å². The van der Waals surface area contributed by atoms with E-state index in [1.807, 2.05) is 11.8 Å². The number of fused-ring (bicyclic) bond motifs is 1. The van der Waals surface area contributed by atoms with Gasteiger partial charge in [-0.1, -0.05) is 25.1 Å². The first-order chi connectivity index (χ1) is 13.2. The monoisotopic (exact) mass is 383 g/mol. The number of amides is 1. The third kappa shape index (κ3) is 3.88. The van der Waals surface area contributed by atoms with Crippen molar-refractivity contribution >= 4 is 22.9 Å². The van der Waals surface area contributed by atoms with E-state index in [4.69, 9.17) is 0 Å². The Kier molecular flexibility index (Phi) is 5.48. The van der Waals surface area contributed by atoms with Gasteiger partial charge in [-0.25, -0.2) is 4.98 Å². The first-order valence-corrected chi connectivity index (χ1v) is 11.1. The molecule has 0 atom stereocenters. The minimum absolute atomic E-state index is 0.192.